The van der Waals surface area contributed by atoms with Crippen molar-refractivity contribution in [3.05, 3.63) is 36.2 Å². The van der Waals surface area contributed by atoms with Gasteiger partial charge in [0.2, 0.25) is 0 Å². The molecule has 15 heavy (non-hydrogen) atoms. The summed E-state index contributed by atoms with van der Waals surface area (Å²) in [4.78, 5) is 18.1. The van der Waals surface area contributed by atoms with E-state index in [4.69, 9.17) is 0 Å². The Morgan fingerprint density at radius 2 is 2.40 bits per heavy atom. The fourth-order valence-corrected chi connectivity index (χ4v) is 1.35. The van der Waals surface area contributed by atoms with Crippen LogP contribution in [0.2, 0.25) is 0 Å². The van der Waals surface area contributed by atoms with E-state index >= 15 is 0 Å². The number of methoxy groups -OCH3 is 1. The molecule has 0 aliphatic carbocycles. The molecule has 4 nitrogen and oxygen atoms in total. The lowest BCUT2D eigenvalue weighted by molar-refractivity contribution is -0.134. The SMILES string of the molecule is COC(=O)/C=C/c1ccnc2[nH]ccc12. The number of fused-ring (bicyclic) bond motifs is 1. The average Bonchev–Trinajstić information content (AvgIpc) is 2.74. The zero-order chi connectivity index (χ0) is 10.7. The number of ether oxygens (including phenoxy) is 1. The second kappa shape index (κ2) is 3.96. The van der Waals surface area contributed by atoms with E-state index in [1.807, 2.05) is 18.3 Å². The number of aromatic amines is 1. The van der Waals surface area contributed by atoms with Crippen molar-refractivity contribution in [1.29, 1.82) is 0 Å². The number of pyridine rings is 1. The molecule has 0 radical (unpaired) electrons. The molecule has 0 aromatic carbocycles. The fourth-order valence-electron chi connectivity index (χ4n) is 1.35. The Morgan fingerprint density at radius 3 is 3.20 bits per heavy atom. The molecule has 1 N–H and O–H groups in total. The number of hydrogen-bond acceptors (Lipinski definition) is 3. The molecule has 0 amide bonds. The Balaban J connectivity index is 2.39. The van der Waals surface area contributed by atoms with Gasteiger partial charge < -0.3 is 9.72 Å². The number of rotatable bonds is 2. The predicted octanol–water partition coefficient (Wildman–Crippen LogP) is 1.75. The molecule has 0 spiro atoms. The summed E-state index contributed by atoms with van der Waals surface area (Å²) in [6.07, 6.45) is 6.61. The van der Waals surface area contributed by atoms with Crippen molar-refractivity contribution in [2.75, 3.05) is 7.11 Å². The molecule has 0 bridgehead atoms. The first kappa shape index (κ1) is 9.45. The van der Waals surface area contributed by atoms with Crippen LogP contribution in [0.15, 0.2) is 30.6 Å². The maximum Gasteiger partial charge on any atom is 0.330 e. The third kappa shape index (κ3) is 1.88. The van der Waals surface area contributed by atoms with Crippen molar-refractivity contribution in [3.8, 4) is 0 Å². The molecule has 76 valence electrons. The molecule has 2 heterocycles. The second-order valence-corrected chi connectivity index (χ2v) is 3.00. The van der Waals surface area contributed by atoms with E-state index in [1.165, 1.54) is 13.2 Å². The van der Waals surface area contributed by atoms with Crippen molar-refractivity contribution in [3.63, 3.8) is 0 Å². The molecule has 0 unspecified atom stereocenters. The number of nitrogens with zero attached hydrogens (tertiary/aromatic N) is 1. The second-order valence-electron chi connectivity index (χ2n) is 3.00. The standard InChI is InChI=1S/C11H10N2O2/c1-15-10(14)3-2-8-4-6-12-11-9(8)5-7-13-11/h2-7H,1H3,(H,12,13)/b3-2+. The monoisotopic (exact) mass is 202 g/mol. The zero-order valence-electron chi connectivity index (χ0n) is 8.23. The highest BCUT2D eigenvalue weighted by atomic mass is 16.5. The van der Waals surface area contributed by atoms with Gasteiger partial charge in [0.05, 0.1) is 7.11 Å². The van der Waals surface area contributed by atoms with Crippen LogP contribution in [0.5, 0.6) is 0 Å². The first-order valence-corrected chi connectivity index (χ1v) is 4.49. The molecule has 0 aliphatic heterocycles. The number of esters is 1. The Kier molecular flexibility index (Phi) is 2.49. The van der Waals surface area contributed by atoms with Crippen LogP contribution in [0.1, 0.15) is 5.56 Å². The highest BCUT2D eigenvalue weighted by Gasteiger charge is 1.99. The van der Waals surface area contributed by atoms with Gasteiger partial charge in [-0.25, -0.2) is 9.78 Å². The van der Waals surface area contributed by atoms with E-state index in [2.05, 4.69) is 14.7 Å². The first-order chi connectivity index (χ1) is 7.31. The van der Waals surface area contributed by atoms with Crippen molar-refractivity contribution < 1.29 is 9.53 Å². The highest BCUT2D eigenvalue weighted by molar-refractivity contribution is 5.92. The topological polar surface area (TPSA) is 55.0 Å². The lowest BCUT2D eigenvalue weighted by atomic mass is 10.2. The van der Waals surface area contributed by atoms with Crippen LogP contribution in [-0.4, -0.2) is 23.0 Å². The van der Waals surface area contributed by atoms with Crippen molar-refractivity contribution in [2.45, 2.75) is 0 Å². The molecule has 0 saturated carbocycles. The molecule has 0 fully saturated rings. The number of H-pyrrole nitrogens is 1. The van der Waals surface area contributed by atoms with Crippen LogP contribution in [0, 0.1) is 0 Å². The Bertz CT molecular complexity index is 514. The van der Waals surface area contributed by atoms with Crippen molar-refractivity contribution in [2.24, 2.45) is 0 Å². The van der Waals surface area contributed by atoms with Crippen molar-refractivity contribution >= 4 is 23.1 Å². The molecule has 4 heteroatoms. The normalized spacial score (nSPS) is 11.0. The van der Waals surface area contributed by atoms with E-state index in [1.54, 1.807) is 12.3 Å². The van der Waals surface area contributed by atoms with Gasteiger partial charge in [0, 0.05) is 23.9 Å². The number of carbonyl (C=O) groups excluding carboxylic acids is 1. The average molecular weight is 202 g/mol. The molecule has 0 saturated heterocycles. The summed E-state index contributed by atoms with van der Waals surface area (Å²) in [5, 5.41) is 0.984. The molecule has 0 aliphatic rings. The van der Waals surface area contributed by atoms with E-state index in [0.717, 1.165) is 16.6 Å². The fraction of sp³-hybridized carbons (Fsp3) is 0.0909. The van der Waals surface area contributed by atoms with Gasteiger partial charge in [-0.3, -0.25) is 0 Å². The summed E-state index contributed by atoms with van der Waals surface area (Å²) in [6, 6.07) is 3.76. The smallest absolute Gasteiger partial charge is 0.330 e. The minimum absolute atomic E-state index is 0.365. The maximum atomic E-state index is 10.9. The quantitative estimate of drug-likeness (QED) is 0.596. The summed E-state index contributed by atoms with van der Waals surface area (Å²) < 4.78 is 4.52. The largest absolute Gasteiger partial charge is 0.466 e. The first-order valence-electron chi connectivity index (χ1n) is 4.49. The van der Waals surface area contributed by atoms with Crippen LogP contribution >= 0.6 is 0 Å². The van der Waals surface area contributed by atoms with Crippen molar-refractivity contribution in [1.82, 2.24) is 9.97 Å². The third-order valence-electron chi connectivity index (χ3n) is 2.09. The maximum absolute atomic E-state index is 10.9. The van der Waals surface area contributed by atoms with E-state index in [-0.39, 0.29) is 5.97 Å². The molecular weight excluding hydrogens is 192 g/mol. The van der Waals surface area contributed by atoms with E-state index < -0.39 is 0 Å². The number of nitrogens with one attached hydrogen (secondary N) is 1. The highest BCUT2D eigenvalue weighted by Crippen LogP contribution is 2.16. The number of hydrogen-bond donors (Lipinski definition) is 1. The Hall–Kier alpha value is -2.10. The third-order valence-corrected chi connectivity index (χ3v) is 2.09. The Labute approximate surface area is 86.6 Å². The number of carbonyl (C=O) groups is 1. The van der Waals surface area contributed by atoms with Crippen LogP contribution < -0.4 is 0 Å². The van der Waals surface area contributed by atoms with Crippen LogP contribution in [0.3, 0.4) is 0 Å². The molecule has 2 aromatic heterocycles. The van der Waals surface area contributed by atoms with Gasteiger partial charge in [0.25, 0.3) is 0 Å². The van der Waals surface area contributed by atoms with Crippen LogP contribution in [0.4, 0.5) is 0 Å². The van der Waals surface area contributed by atoms with Gasteiger partial charge in [0.1, 0.15) is 5.65 Å². The van der Waals surface area contributed by atoms with Gasteiger partial charge in [-0.05, 0) is 23.8 Å². The molecule has 2 aromatic rings. The minimum atomic E-state index is -0.365. The van der Waals surface area contributed by atoms with Gasteiger partial charge in [-0.1, -0.05) is 0 Å². The van der Waals surface area contributed by atoms with Gasteiger partial charge in [-0.15, -0.1) is 0 Å². The van der Waals surface area contributed by atoms with E-state index in [0.29, 0.717) is 0 Å². The summed E-state index contributed by atoms with van der Waals surface area (Å²) in [5.41, 5.74) is 1.74. The van der Waals surface area contributed by atoms with Crippen LogP contribution in [-0.2, 0) is 9.53 Å². The van der Waals surface area contributed by atoms with Crippen LogP contribution in [0.25, 0.3) is 17.1 Å². The predicted molar refractivity (Wildman–Crippen MR) is 57.1 cm³/mol. The lowest BCUT2D eigenvalue weighted by Crippen LogP contribution is -1.93. The number of aromatic nitrogens is 2. The van der Waals surface area contributed by atoms with E-state index in [9.17, 15) is 4.79 Å². The molecule has 2 rings (SSSR count). The van der Waals surface area contributed by atoms with Gasteiger partial charge in [-0.2, -0.15) is 0 Å². The summed E-state index contributed by atoms with van der Waals surface area (Å²) >= 11 is 0. The summed E-state index contributed by atoms with van der Waals surface area (Å²) in [7, 11) is 1.35. The summed E-state index contributed by atoms with van der Waals surface area (Å²) in [6.45, 7) is 0. The lowest BCUT2D eigenvalue weighted by Gasteiger charge is -1.95. The Morgan fingerprint density at radius 1 is 1.53 bits per heavy atom. The van der Waals surface area contributed by atoms with Gasteiger partial charge in [0.15, 0.2) is 0 Å². The zero-order valence-corrected chi connectivity index (χ0v) is 8.23. The molecule has 0 atom stereocenters. The van der Waals surface area contributed by atoms with Gasteiger partial charge >= 0.3 is 5.97 Å². The summed E-state index contributed by atoms with van der Waals surface area (Å²) in [5.74, 6) is -0.365. The molecular formula is C11H10N2O2. The minimum Gasteiger partial charge on any atom is -0.466 e.